The van der Waals surface area contributed by atoms with Crippen molar-refractivity contribution in [2.75, 3.05) is 12.3 Å². The van der Waals surface area contributed by atoms with Crippen LogP contribution < -0.4 is 10.6 Å². The number of carbonyl (C=O) groups is 2. The maximum absolute atomic E-state index is 14.0. The third-order valence-electron chi connectivity index (χ3n) is 4.17. The molecule has 0 aliphatic rings. The van der Waals surface area contributed by atoms with Gasteiger partial charge in [-0.15, -0.1) is 0 Å². The van der Waals surface area contributed by atoms with E-state index in [-0.39, 0.29) is 5.56 Å². The van der Waals surface area contributed by atoms with E-state index < -0.39 is 68.9 Å². The van der Waals surface area contributed by atoms with Gasteiger partial charge in [-0.3, -0.25) is 9.59 Å². The SMILES string of the molecule is N#CCNC(=O)[C@H](CS(=O)(=O)Cc1cc(C(F)(F)F)ccc1F)NC(=O)c1ccccc1. The molecule has 2 aromatic rings. The monoisotopic (exact) mass is 471 g/mol. The molecule has 0 radical (unpaired) electrons. The molecule has 2 rings (SSSR count). The van der Waals surface area contributed by atoms with Crippen molar-refractivity contribution < 1.29 is 35.6 Å². The first kappa shape index (κ1) is 24.8. The Hall–Kier alpha value is -3.46. The van der Waals surface area contributed by atoms with E-state index in [0.29, 0.717) is 18.2 Å². The predicted octanol–water partition coefficient (Wildman–Crippen LogP) is 2.20. The Morgan fingerprint density at radius 2 is 1.75 bits per heavy atom. The molecule has 1 atom stereocenters. The van der Waals surface area contributed by atoms with Crippen LogP contribution in [0.5, 0.6) is 0 Å². The highest BCUT2D eigenvalue weighted by atomic mass is 32.2. The summed E-state index contributed by atoms with van der Waals surface area (Å²) in [6, 6.07) is 8.81. The molecule has 12 heteroatoms. The highest BCUT2D eigenvalue weighted by Crippen LogP contribution is 2.30. The standard InChI is InChI=1S/C20H17F4N3O4S/c21-16-7-6-15(20(22,23)24)10-14(16)11-32(30,31)12-17(19(29)26-9-8-25)27-18(28)13-4-2-1-3-5-13/h1-7,10,17H,9,11-12H2,(H,26,29)(H,27,28)/t17-/m0/s1. The van der Waals surface area contributed by atoms with Gasteiger partial charge in [0.15, 0.2) is 9.84 Å². The molecule has 0 saturated carbocycles. The Labute approximate surface area is 181 Å². The van der Waals surface area contributed by atoms with Gasteiger partial charge in [0.05, 0.1) is 23.1 Å². The van der Waals surface area contributed by atoms with E-state index in [4.69, 9.17) is 5.26 Å². The van der Waals surface area contributed by atoms with Crippen molar-refractivity contribution in [3.05, 3.63) is 71.0 Å². The van der Waals surface area contributed by atoms with Crippen LogP contribution in [-0.4, -0.2) is 38.6 Å². The molecule has 0 saturated heterocycles. The molecule has 2 amide bonds. The lowest BCUT2D eigenvalue weighted by Crippen LogP contribution is -2.50. The highest BCUT2D eigenvalue weighted by molar-refractivity contribution is 7.90. The van der Waals surface area contributed by atoms with Crippen molar-refractivity contribution >= 4 is 21.7 Å². The van der Waals surface area contributed by atoms with Crippen LogP contribution in [0.3, 0.4) is 0 Å². The number of hydrogen-bond donors (Lipinski definition) is 2. The first-order valence-corrected chi connectivity index (χ1v) is 10.8. The molecule has 7 nitrogen and oxygen atoms in total. The Morgan fingerprint density at radius 3 is 2.34 bits per heavy atom. The van der Waals surface area contributed by atoms with E-state index in [0.717, 1.165) is 0 Å². The van der Waals surface area contributed by atoms with Gasteiger partial charge in [-0.25, -0.2) is 12.8 Å². The maximum atomic E-state index is 14.0. The van der Waals surface area contributed by atoms with E-state index in [1.165, 1.54) is 24.3 Å². The van der Waals surface area contributed by atoms with Crippen LogP contribution in [0.4, 0.5) is 17.6 Å². The van der Waals surface area contributed by atoms with Gasteiger partial charge in [-0.1, -0.05) is 18.2 Å². The number of alkyl halides is 3. The average Bonchev–Trinajstić information content (AvgIpc) is 2.72. The second-order valence-electron chi connectivity index (χ2n) is 6.63. The Bertz CT molecular complexity index is 1130. The fraction of sp³-hybridized carbons (Fsp3) is 0.250. The molecule has 0 bridgehead atoms. The minimum absolute atomic E-state index is 0.118. The summed E-state index contributed by atoms with van der Waals surface area (Å²) < 4.78 is 77.7. The zero-order valence-corrected chi connectivity index (χ0v) is 17.1. The number of rotatable bonds is 8. The van der Waals surface area contributed by atoms with Gasteiger partial charge >= 0.3 is 6.18 Å². The van der Waals surface area contributed by atoms with Crippen molar-refractivity contribution in [3.8, 4) is 6.07 Å². The molecule has 0 aromatic heterocycles. The number of nitrogens with one attached hydrogen (secondary N) is 2. The molecule has 0 aliphatic heterocycles. The average molecular weight is 471 g/mol. The second-order valence-corrected chi connectivity index (χ2v) is 8.74. The molecular weight excluding hydrogens is 454 g/mol. The summed E-state index contributed by atoms with van der Waals surface area (Å²) in [6.07, 6.45) is -4.81. The molecule has 0 heterocycles. The molecule has 0 fully saturated rings. The van der Waals surface area contributed by atoms with Gasteiger partial charge in [-0.2, -0.15) is 18.4 Å². The minimum Gasteiger partial charge on any atom is -0.341 e. The molecule has 0 unspecified atom stereocenters. The van der Waals surface area contributed by atoms with Gasteiger partial charge in [0.2, 0.25) is 5.91 Å². The van der Waals surface area contributed by atoms with Crippen LogP contribution in [0.2, 0.25) is 0 Å². The van der Waals surface area contributed by atoms with E-state index in [2.05, 4.69) is 10.6 Å². The predicted molar refractivity (Wildman–Crippen MR) is 105 cm³/mol. The zero-order chi connectivity index (χ0) is 23.9. The van der Waals surface area contributed by atoms with Gasteiger partial charge < -0.3 is 10.6 Å². The third kappa shape index (κ3) is 7.05. The number of hydrogen-bond acceptors (Lipinski definition) is 5. The number of benzene rings is 2. The smallest absolute Gasteiger partial charge is 0.341 e. The van der Waals surface area contributed by atoms with Gasteiger partial charge in [-0.05, 0) is 30.3 Å². The number of carbonyl (C=O) groups excluding carboxylic acids is 2. The van der Waals surface area contributed by atoms with Crippen molar-refractivity contribution in [2.24, 2.45) is 0 Å². The molecule has 0 aliphatic carbocycles. The number of nitrogens with zero attached hydrogens (tertiary/aromatic N) is 1. The van der Waals surface area contributed by atoms with E-state index >= 15 is 0 Å². The summed E-state index contributed by atoms with van der Waals surface area (Å²) in [5.41, 5.74) is -1.85. The molecule has 2 aromatic carbocycles. The first-order valence-electron chi connectivity index (χ1n) is 8.99. The number of halogens is 4. The van der Waals surface area contributed by atoms with Gasteiger partial charge in [0, 0.05) is 11.1 Å². The van der Waals surface area contributed by atoms with Crippen LogP contribution in [0.25, 0.3) is 0 Å². The summed E-state index contributed by atoms with van der Waals surface area (Å²) in [5.74, 6) is -5.11. The third-order valence-corrected chi connectivity index (χ3v) is 5.76. The van der Waals surface area contributed by atoms with Crippen molar-refractivity contribution in [2.45, 2.75) is 18.0 Å². The molecule has 170 valence electrons. The van der Waals surface area contributed by atoms with Crippen molar-refractivity contribution in [1.82, 2.24) is 10.6 Å². The van der Waals surface area contributed by atoms with E-state index in [1.807, 2.05) is 0 Å². The molecule has 32 heavy (non-hydrogen) atoms. The quantitative estimate of drug-likeness (QED) is 0.452. The van der Waals surface area contributed by atoms with Gasteiger partial charge in [0.1, 0.15) is 18.4 Å². The van der Waals surface area contributed by atoms with Crippen molar-refractivity contribution in [1.29, 1.82) is 5.26 Å². The summed E-state index contributed by atoms with van der Waals surface area (Å²) in [6.45, 7) is -0.473. The lowest BCUT2D eigenvalue weighted by Gasteiger charge is -2.18. The van der Waals surface area contributed by atoms with Crippen LogP contribution in [0.1, 0.15) is 21.5 Å². The van der Waals surface area contributed by atoms with Crippen LogP contribution >= 0.6 is 0 Å². The summed E-state index contributed by atoms with van der Waals surface area (Å²) in [5, 5.41) is 12.9. The highest BCUT2D eigenvalue weighted by Gasteiger charge is 2.33. The van der Waals surface area contributed by atoms with Crippen LogP contribution in [0.15, 0.2) is 48.5 Å². The van der Waals surface area contributed by atoms with Crippen LogP contribution in [-0.2, 0) is 26.6 Å². The fourth-order valence-electron chi connectivity index (χ4n) is 2.68. The fourth-order valence-corrected chi connectivity index (χ4v) is 4.23. The Morgan fingerprint density at radius 1 is 1.09 bits per heavy atom. The number of amides is 2. The number of sulfone groups is 1. The van der Waals surface area contributed by atoms with E-state index in [9.17, 15) is 35.6 Å². The summed E-state index contributed by atoms with van der Waals surface area (Å²) in [4.78, 5) is 24.6. The maximum Gasteiger partial charge on any atom is 0.416 e. The normalized spacial score (nSPS) is 12.5. The Kier molecular flexibility index (Phi) is 7.93. The van der Waals surface area contributed by atoms with Gasteiger partial charge in [0.25, 0.3) is 5.91 Å². The lowest BCUT2D eigenvalue weighted by atomic mass is 10.1. The summed E-state index contributed by atoms with van der Waals surface area (Å²) >= 11 is 0. The number of nitriles is 1. The Balaban J connectivity index is 2.26. The van der Waals surface area contributed by atoms with Crippen LogP contribution in [0, 0.1) is 17.1 Å². The minimum atomic E-state index is -4.81. The largest absolute Gasteiger partial charge is 0.416 e. The summed E-state index contributed by atoms with van der Waals surface area (Å²) in [7, 11) is -4.38. The first-order chi connectivity index (χ1) is 14.9. The molecule has 2 N–H and O–H groups in total. The lowest BCUT2D eigenvalue weighted by molar-refractivity contribution is -0.137. The van der Waals surface area contributed by atoms with E-state index in [1.54, 1.807) is 12.1 Å². The topological polar surface area (TPSA) is 116 Å². The molecular formula is C20H17F4N3O4S. The zero-order valence-electron chi connectivity index (χ0n) is 16.3. The van der Waals surface area contributed by atoms with Crippen molar-refractivity contribution in [3.63, 3.8) is 0 Å². The molecule has 0 spiro atoms. The second kappa shape index (κ2) is 10.2.